The van der Waals surface area contributed by atoms with Gasteiger partial charge in [0.05, 0.1) is 0 Å². The number of allylic oxidation sites excluding steroid dienone is 4. The molecule has 0 spiro atoms. The van der Waals surface area contributed by atoms with Crippen LogP contribution in [0.5, 0.6) is 0 Å². The van der Waals surface area contributed by atoms with Gasteiger partial charge in [0.1, 0.15) is 0 Å². The Balaban J connectivity index is 1.44. The Morgan fingerprint density at radius 3 is 2.88 bits per heavy atom. The molecule has 1 nitrogen and oxygen atoms in total. The molecule has 2 unspecified atom stereocenters. The molecule has 0 aromatic heterocycles. The molecule has 0 N–H and O–H groups in total. The van der Waals surface area contributed by atoms with Crippen LogP contribution in [0.1, 0.15) is 44.9 Å². The van der Waals surface area contributed by atoms with Crippen LogP contribution < -0.4 is 0 Å². The molecule has 1 saturated heterocycles. The van der Waals surface area contributed by atoms with Gasteiger partial charge >= 0.3 is 0 Å². The Bertz CT molecular complexity index is 309. The van der Waals surface area contributed by atoms with Crippen LogP contribution in [0.15, 0.2) is 23.8 Å². The summed E-state index contributed by atoms with van der Waals surface area (Å²) in [6, 6.07) is 0. The Hall–Kier alpha value is -0.560. The molecule has 0 bridgehead atoms. The van der Waals surface area contributed by atoms with Crippen molar-refractivity contribution < 1.29 is 0 Å². The summed E-state index contributed by atoms with van der Waals surface area (Å²) in [6.07, 6.45) is 16.9. The van der Waals surface area contributed by atoms with Crippen molar-refractivity contribution in [2.45, 2.75) is 44.9 Å². The summed E-state index contributed by atoms with van der Waals surface area (Å²) in [5, 5.41) is 0. The van der Waals surface area contributed by atoms with E-state index >= 15 is 0 Å². The second-order valence-corrected chi connectivity index (χ2v) is 6.10. The largest absolute Gasteiger partial charge is 0.303 e. The zero-order chi connectivity index (χ0) is 11.5. The lowest BCUT2D eigenvalue weighted by Crippen LogP contribution is -2.31. The van der Waals surface area contributed by atoms with Crippen molar-refractivity contribution >= 4 is 0 Å². The summed E-state index contributed by atoms with van der Waals surface area (Å²) in [4.78, 5) is 2.69. The fourth-order valence-electron chi connectivity index (χ4n) is 3.79. The lowest BCUT2D eigenvalue weighted by molar-refractivity contribution is 0.212. The predicted octanol–water partition coefficient (Wildman–Crippen LogP) is 3.77. The van der Waals surface area contributed by atoms with Gasteiger partial charge in [-0.1, -0.05) is 30.2 Å². The number of hydrogen-bond donors (Lipinski definition) is 0. The highest BCUT2D eigenvalue weighted by Gasteiger charge is 2.29. The second-order valence-electron chi connectivity index (χ2n) is 6.10. The molecule has 1 aliphatic heterocycles. The summed E-state index contributed by atoms with van der Waals surface area (Å²) >= 11 is 0. The number of piperidine rings is 1. The minimum atomic E-state index is 0.909. The first-order valence-corrected chi connectivity index (χ1v) is 7.50. The second kappa shape index (κ2) is 5.39. The number of hydrogen-bond acceptors (Lipinski definition) is 1. The van der Waals surface area contributed by atoms with Gasteiger partial charge in [-0.25, -0.2) is 0 Å². The van der Waals surface area contributed by atoms with E-state index in [4.69, 9.17) is 0 Å². The van der Waals surface area contributed by atoms with Crippen molar-refractivity contribution in [2.75, 3.05) is 19.6 Å². The van der Waals surface area contributed by atoms with Crippen molar-refractivity contribution in [3.63, 3.8) is 0 Å². The van der Waals surface area contributed by atoms with Crippen LogP contribution in [0.4, 0.5) is 0 Å². The summed E-state index contributed by atoms with van der Waals surface area (Å²) < 4.78 is 0. The fraction of sp³-hybridized carbons (Fsp3) is 0.750. The first-order chi connectivity index (χ1) is 8.42. The van der Waals surface area contributed by atoms with Crippen molar-refractivity contribution in [1.29, 1.82) is 0 Å². The van der Waals surface area contributed by atoms with Gasteiger partial charge in [-0.2, -0.15) is 0 Å². The van der Waals surface area contributed by atoms with E-state index in [0.29, 0.717) is 0 Å². The van der Waals surface area contributed by atoms with E-state index in [0.717, 1.165) is 11.8 Å². The molecule has 17 heavy (non-hydrogen) atoms. The van der Waals surface area contributed by atoms with Crippen LogP contribution in [-0.4, -0.2) is 24.5 Å². The molecule has 94 valence electrons. The van der Waals surface area contributed by atoms with Crippen LogP contribution in [0, 0.1) is 11.8 Å². The van der Waals surface area contributed by atoms with Gasteiger partial charge in [-0.05, 0) is 70.0 Å². The average molecular weight is 231 g/mol. The summed E-state index contributed by atoms with van der Waals surface area (Å²) in [6.45, 7) is 4.08. The molecule has 0 aromatic carbocycles. The lowest BCUT2D eigenvalue weighted by Gasteiger charge is -2.27. The number of fused-ring (bicyclic) bond motifs is 1. The molecular formula is C16H25N. The van der Waals surface area contributed by atoms with E-state index in [2.05, 4.69) is 23.1 Å². The maximum absolute atomic E-state index is 2.69. The fourth-order valence-corrected chi connectivity index (χ4v) is 3.79. The van der Waals surface area contributed by atoms with Crippen molar-refractivity contribution in [2.24, 2.45) is 11.8 Å². The quantitative estimate of drug-likeness (QED) is 0.714. The number of likely N-dealkylation sites (tertiary alicyclic amines) is 1. The molecule has 1 heteroatoms. The van der Waals surface area contributed by atoms with Gasteiger partial charge in [0.15, 0.2) is 0 Å². The molecule has 1 heterocycles. The van der Waals surface area contributed by atoms with E-state index in [1.54, 1.807) is 5.57 Å². The van der Waals surface area contributed by atoms with E-state index in [1.807, 2.05) is 0 Å². The molecule has 3 aliphatic rings. The zero-order valence-corrected chi connectivity index (χ0v) is 10.9. The van der Waals surface area contributed by atoms with Gasteiger partial charge in [0, 0.05) is 0 Å². The van der Waals surface area contributed by atoms with Crippen LogP contribution in [0.25, 0.3) is 0 Å². The Morgan fingerprint density at radius 2 is 2.06 bits per heavy atom. The first-order valence-electron chi connectivity index (χ1n) is 7.50. The zero-order valence-electron chi connectivity index (χ0n) is 10.9. The maximum atomic E-state index is 2.69. The summed E-state index contributed by atoms with van der Waals surface area (Å²) in [5.74, 6) is 1.89. The molecule has 0 aromatic rings. The Kier molecular flexibility index (Phi) is 3.65. The van der Waals surface area contributed by atoms with Crippen LogP contribution in [-0.2, 0) is 0 Å². The van der Waals surface area contributed by atoms with Crippen LogP contribution >= 0.6 is 0 Å². The third-order valence-electron chi connectivity index (χ3n) is 4.84. The highest BCUT2D eigenvalue weighted by atomic mass is 15.1. The Labute approximate surface area is 106 Å². The van der Waals surface area contributed by atoms with E-state index in [9.17, 15) is 0 Å². The highest BCUT2D eigenvalue weighted by Crippen LogP contribution is 2.41. The van der Waals surface area contributed by atoms with Crippen LogP contribution in [0.2, 0.25) is 0 Å². The van der Waals surface area contributed by atoms with Gasteiger partial charge < -0.3 is 4.90 Å². The van der Waals surface area contributed by atoms with Gasteiger partial charge in [-0.15, -0.1) is 0 Å². The van der Waals surface area contributed by atoms with Crippen molar-refractivity contribution in [1.82, 2.24) is 4.90 Å². The molecule has 3 rings (SSSR count). The molecule has 1 saturated carbocycles. The minimum Gasteiger partial charge on any atom is -0.303 e. The third-order valence-corrected chi connectivity index (χ3v) is 4.84. The van der Waals surface area contributed by atoms with E-state index in [-0.39, 0.29) is 0 Å². The van der Waals surface area contributed by atoms with Crippen molar-refractivity contribution in [3.05, 3.63) is 23.8 Å². The van der Waals surface area contributed by atoms with E-state index < -0.39 is 0 Å². The molecule has 2 aliphatic carbocycles. The molecule has 2 fully saturated rings. The Morgan fingerprint density at radius 1 is 1.18 bits per heavy atom. The number of rotatable bonds is 3. The van der Waals surface area contributed by atoms with Crippen LogP contribution in [0.3, 0.4) is 0 Å². The predicted molar refractivity (Wildman–Crippen MR) is 73.0 cm³/mol. The first kappa shape index (κ1) is 11.5. The summed E-state index contributed by atoms with van der Waals surface area (Å²) in [5.41, 5.74) is 1.75. The maximum Gasteiger partial charge on any atom is -0.00160 e. The normalized spacial score (nSPS) is 33.5. The monoisotopic (exact) mass is 231 g/mol. The minimum absolute atomic E-state index is 0.909. The summed E-state index contributed by atoms with van der Waals surface area (Å²) in [7, 11) is 0. The molecule has 2 atom stereocenters. The molecule has 0 radical (unpaired) electrons. The standard InChI is InChI=1S/C16H25N/c1-4-9-17(10-5-1)11-8-14-12-15-6-2-3-7-16(15)13-14/h2-3,6,14,16H,1,4-5,7-13H2. The van der Waals surface area contributed by atoms with Gasteiger partial charge in [-0.3, -0.25) is 0 Å². The molecule has 0 amide bonds. The third kappa shape index (κ3) is 2.82. The van der Waals surface area contributed by atoms with Gasteiger partial charge in [0.25, 0.3) is 0 Å². The smallest absolute Gasteiger partial charge is 0.00160 e. The lowest BCUT2D eigenvalue weighted by atomic mass is 9.94. The molecular weight excluding hydrogens is 206 g/mol. The SMILES string of the molecule is C1=CCC2CC(CCN3CCCCC3)CC2=C1. The average Bonchev–Trinajstić information content (AvgIpc) is 2.80. The van der Waals surface area contributed by atoms with E-state index in [1.165, 1.54) is 64.6 Å². The van der Waals surface area contributed by atoms with Crippen molar-refractivity contribution in [3.8, 4) is 0 Å². The number of nitrogens with zero attached hydrogens (tertiary/aromatic N) is 1. The topological polar surface area (TPSA) is 3.24 Å². The van der Waals surface area contributed by atoms with Gasteiger partial charge in [0.2, 0.25) is 0 Å². The highest BCUT2D eigenvalue weighted by molar-refractivity contribution is 5.24.